The largest absolute Gasteiger partial charge is 0.472 e. The number of carbonyl (C=O) groups excluding carboxylic acids is 4. The van der Waals surface area contributed by atoms with Crippen LogP contribution in [0.25, 0.3) is 0 Å². The highest BCUT2D eigenvalue weighted by atomic mass is 31.2. The van der Waals surface area contributed by atoms with Crippen molar-refractivity contribution in [2.24, 2.45) is 0 Å². The molecule has 0 aromatic carbocycles. The Hall–Kier alpha value is -2.98. The highest BCUT2D eigenvalue weighted by Gasteiger charge is 2.30. The second-order valence-corrected chi connectivity index (χ2v) is 25.4. The molecule has 0 saturated heterocycles. The van der Waals surface area contributed by atoms with Gasteiger partial charge in [0, 0.05) is 25.7 Å². The molecule has 0 spiro atoms. The van der Waals surface area contributed by atoms with E-state index in [9.17, 15) is 43.2 Å². The molecule has 0 saturated carbocycles. The molecule has 0 heterocycles. The first kappa shape index (κ1) is 82.0. The third-order valence-corrected chi connectivity index (χ3v) is 16.0. The quantitative estimate of drug-likeness (QED) is 0.0169. The first-order valence-electron chi connectivity index (χ1n) is 33.4. The van der Waals surface area contributed by atoms with Gasteiger partial charge in [0.25, 0.3) is 0 Å². The average Bonchev–Trinajstić information content (AvgIpc) is 3.48. The Morgan fingerprint density at radius 2 is 0.565 bits per heavy atom. The van der Waals surface area contributed by atoms with Gasteiger partial charge < -0.3 is 33.8 Å². The van der Waals surface area contributed by atoms with Crippen molar-refractivity contribution in [2.45, 2.75) is 309 Å². The molecule has 17 nitrogen and oxygen atoms in total. The molecule has 5 atom stereocenters. The number of allylic oxidation sites excluding steroid dienone is 8. The number of rotatable bonds is 63. The Morgan fingerprint density at radius 1 is 0.329 bits per heavy atom. The number of esters is 4. The van der Waals surface area contributed by atoms with Gasteiger partial charge in [-0.2, -0.15) is 0 Å². The normalized spacial score (nSPS) is 14.5. The lowest BCUT2D eigenvalue weighted by Gasteiger charge is -2.21. The summed E-state index contributed by atoms with van der Waals surface area (Å²) in [6.07, 6.45) is 51.8. The van der Waals surface area contributed by atoms with Crippen LogP contribution in [-0.4, -0.2) is 96.7 Å². The van der Waals surface area contributed by atoms with Crippen LogP contribution in [0.4, 0.5) is 0 Å². The first-order valence-corrected chi connectivity index (χ1v) is 36.4. The van der Waals surface area contributed by atoms with Crippen molar-refractivity contribution in [3.8, 4) is 0 Å². The van der Waals surface area contributed by atoms with Crippen molar-refractivity contribution in [1.82, 2.24) is 0 Å². The van der Waals surface area contributed by atoms with E-state index in [4.69, 9.17) is 37.0 Å². The predicted octanol–water partition coefficient (Wildman–Crippen LogP) is 17.8. The van der Waals surface area contributed by atoms with Crippen LogP contribution in [0.3, 0.4) is 0 Å². The van der Waals surface area contributed by atoms with E-state index in [1.54, 1.807) is 0 Å². The summed E-state index contributed by atoms with van der Waals surface area (Å²) >= 11 is 0. The van der Waals surface area contributed by atoms with E-state index in [0.29, 0.717) is 25.7 Å². The molecule has 0 amide bonds. The number of unbranched alkanes of at least 4 members (excludes halogenated alkanes) is 31. The maximum atomic E-state index is 13.0. The van der Waals surface area contributed by atoms with E-state index in [-0.39, 0.29) is 25.7 Å². The molecule has 85 heavy (non-hydrogen) atoms. The second kappa shape index (κ2) is 60.0. The summed E-state index contributed by atoms with van der Waals surface area (Å²) in [4.78, 5) is 72.1. The van der Waals surface area contributed by atoms with Gasteiger partial charge in [-0.05, 0) is 77.0 Å². The predicted molar refractivity (Wildman–Crippen MR) is 340 cm³/mol. The molecule has 496 valence electrons. The lowest BCUT2D eigenvalue weighted by Crippen LogP contribution is -2.30. The molecule has 0 fully saturated rings. The molecular formula is C66H120O17P2. The highest BCUT2D eigenvalue weighted by molar-refractivity contribution is 7.47. The van der Waals surface area contributed by atoms with Crippen molar-refractivity contribution in [2.75, 3.05) is 39.6 Å². The molecule has 0 aliphatic rings. The Kier molecular flexibility index (Phi) is 57.9. The van der Waals surface area contributed by atoms with Gasteiger partial charge >= 0.3 is 39.5 Å². The van der Waals surface area contributed by atoms with Crippen LogP contribution in [0.15, 0.2) is 48.6 Å². The molecular weight excluding hydrogens is 1130 g/mol. The van der Waals surface area contributed by atoms with Gasteiger partial charge in [0.05, 0.1) is 26.4 Å². The fourth-order valence-corrected chi connectivity index (χ4v) is 10.5. The summed E-state index contributed by atoms with van der Waals surface area (Å²) in [6.45, 7) is 4.70. The third kappa shape index (κ3) is 59.7. The van der Waals surface area contributed by atoms with Gasteiger partial charge in [0.2, 0.25) is 0 Å². The van der Waals surface area contributed by atoms with Gasteiger partial charge in [0.15, 0.2) is 12.2 Å². The second-order valence-electron chi connectivity index (χ2n) is 22.5. The van der Waals surface area contributed by atoms with Crippen LogP contribution in [0.2, 0.25) is 0 Å². The number of hydrogen-bond donors (Lipinski definition) is 3. The Labute approximate surface area is 515 Å². The summed E-state index contributed by atoms with van der Waals surface area (Å²) < 4.78 is 67.8. The molecule has 0 aromatic rings. The molecule has 0 rings (SSSR count). The molecule has 0 radical (unpaired) electrons. The first-order chi connectivity index (χ1) is 41.2. The van der Waals surface area contributed by atoms with Gasteiger partial charge in [-0.15, -0.1) is 0 Å². The number of phosphoric acid groups is 2. The highest BCUT2D eigenvalue weighted by Crippen LogP contribution is 2.45. The Bertz CT molecular complexity index is 1820. The molecule has 3 N–H and O–H groups in total. The number of ether oxygens (including phenoxy) is 4. The van der Waals surface area contributed by atoms with Crippen LogP contribution in [0.5, 0.6) is 0 Å². The van der Waals surface area contributed by atoms with Crippen molar-refractivity contribution in [3.05, 3.63) is 48.6 Å². The van der Waals surface area contributed by atoms with Crippen LogP contribution in [0, 0.1) is 0 Å². The molecule has 19 heteroatoms. The number of phosphoric ester groups is 2. The zero-order chi connectivity index (χ0) is 62.6. The number of hydrogen-bond acceptors (Lipinski definition) is 15. The van der Waals surface area contributed by atoms with E-state index >= 15 is 0 Å². The summed E-state index contributed by atoms with van der Waals surface area (Å²) in [5, 5.41) is 10.5. The molecule has 0 aliphatic carbocycles. The van der Waals surface area contributed by atoms with Crippen LogP contribution in [-0.2, 0) is 65.4 Å². The van der Waals surface area contributed by atoms with Crippen molar-refractivity contribution >= 4 is 39.5 Å². The van der Waals surface area contributed by atoms with E-state index in [1.165, 1.54) is 70.6 Å². The maximum Gasteiger partial charge on any atom is 0.472 e. The summed E-state index contributed by atoms with van der Waals surface area (Å²) in [5.41, 5.74) is 0. The lowest BCUT2D eigenvalue weighted by molar-refractivity contribution is -0.161. The van der Waals surface area contributed by atoms with E-state index < -0.39 is 97.5 Å². The zero-order valence-corrected chi connectivity index (χ0v) is 55.3. The third-order valence-electron chi connectivity index (χ3n) is 14.1. The average molecular weight is 1250 g/mol. The molecule has 0 aromatic heterocycles. The van der Waals surface area contributed by atoms with Gasteiger partial charge in [0.1, 0.15) is 19.3 Å². The Balaban J connectivity index is 5.27. The van der Waals surface area contributed by atoms with Crippen LogP contribution < -0.4 is 0 Å². The van der Waals surface area contributed by atoms with Crippen LogP contribution >= 0.6 is 15.6 Å². The van der Waals surface area contributed by atoms with Gasteiger partial charge in [-0.3, -0.25) is 37.3 Å². The summed E-state index contributed by atoms with van der Waals surface area (Å²) in [6, 6.07) is 0. The molecule has 0 aliphatic heterocycles. The Morgan fingerprint density at radius 3 is 0.859 bits per heavy atom. The standard InChI is InChI=1S/C66H120O17P2/c1-5-9-13-17-21-24-26-28-30-32-34-36-40-43-47-51-64(69)77-57-62(83-66(71)53-49-45-41-37-35-33-31-29-27-25-22-18-14-10-6-2)59-81-85(74,75)79-55-60(67)54-78-84(72,73)80-58-61(56-76-63(68)50-46-42-38-20-16-12-8-4)82-65(70)52-48-44-39-23-19-15-11-7-3/h24-31,60-62,67H,5-23,32-59H2,1-4H3,(H,72,73)(H,74,75)/b26-24-,27-25-,30-28-,31-29-/t60-,61+,62+/m0/s1. The minimum atomic E-state index is -4.96. The smallest absolute Gasteiger partial charge is 0.462 e. The number of aliphatic hydroxyl groups excluding tert-OH is 1. The van der Waals surface area contributed by atoms with Gasteiger partial charge in [-0.25, -0.2) is 9.13 Å². The number of carbonyl (C=O) groups is 4. The van der Waals surface area contributed by atoms with Crippen LogP contribution in [0.1, 0.15) is 291 Å². The maximum absolute atomic E-state index is 13.0. The van der Waals surface area contributed by atoms with E-state index in [2.05, 4.69) is 76.3 Å². The SMILES string of the molecule is CCCCCC/C=C\C=C/CCCCCCCC(=O)OC[C@H](COP(=O)(O)OC[C@@H](O)COP(=O)(O)OC[C@@H](COC(=O)CCCCCCCCC)OC(=O)CCCCCCCCCC)OC(=O)CCCCCCC/C=C\C=C/CCCCCC. The number of aliphatic hydroxyl groups is 1. The van der Waals surface area contributed by atoms with Crippen molar-refractivity contribution in [3.63, 3.8) is 0 Å². The lowest BCUT2D eigenvalue weighted by atomic mass is 10.1. The minimum absolute atomic E-state index is 0.0783. The molecule has 2 unspecified atom stereocenters. The summed E-state index contributed by atoms with van der Waals surface area (Å²) in [7, 11) is -9.90. The monoisotopic (exact) mass is 1250 g/mol. The minimum Gasteiger partial charge on any atom is -0.462 e. The van der Waals surface area contributed by atoms with E-state index in [0.717, 1.165) is 141 Å². The van der Waals surface area contributed by atoms with Crippen molar-refractivity contribution in [1.29, 1.82) is 0 Å². The fraction of sp³-hybridized carbons (Fsp3) is 0.818. The zero-order valence-electron chi connectivity index (χ0n) is 53.5. The van der Waals surface area contributed by atoms with E-state index in [1.807, 2.05) is 0 Å². The topological polar surface area (TPSA) is 237 Å². The van der Waals surface area contributed by atoms with Gasteiger partial charge in [-0.1, -0.05) is 237 Å². The summed E-state index contributed by atoms with van der Waals surface area (Å²) in [5.74, 6) is -2.20. The fourth-order valence-electron chi connectivity index (χ4n) is 8.91. The molecule has 0 bridgehead atoms. The van der Waals surface area contributed by atoms with Crippen molar-refractivity contribution < 1.29 is 80.2 Å².